The molecule has 0 unspecified atom stereocenters. The fourth-order valence-corrected chi connectivity index (χ4v) is 1.76. The summed E-state index contributed by atoms with van der Waals surface area (Å²) < 4.78 is 0. The van der Waals surface area contributed by atoms with Crippen molar-refractivity contribution in [3.63, 3.8) is 0 Å². The summed E-state index contributed by atoms with van der Waals surface area (Å²) in [4.78, 5) is 9.25. The number of carboxylic acids is 1. The lowest BCUT2D eigenvalue weighted by atomic mass is 9.79. The van der Waals surface area contributed by atoms with Crippen LogP contribution < -0.4 is 0 Å². The minimum absolute atomic E-state index is 0.178. The highest BCUT2D eigenvalue weighted by Crippen LogP contribution is 2.41. The first kappa shape index (κ1) is 19.0. The molecule has 0 bridgehead atoms. The van der Waals surface area contributed by atoms with Crippen LogP contribution in [0.3, 0.4) is 0 Å². The minimum Gasteiger partial charge on any atom is -0.508 e. The second-order valence-corrected chi connectivity index (χ2v) is 6.93. The molecule has 118 valence electrons. The second-order valence-electron chi connectivity index (χ2n) is 6.93. The third-order valence-corrected chi connectivity index (χ3v) is 2.89. The molecule has 0 amide bonds. The molecule has 4 heteroatoms. The Balaban J connectivity index is 0.000000690. The van der Waals surface area contributed by atoms with Crippen LogP contribution in [0, 0.1) is 0 Å². The molecule has 0 atom stereocenters. The van der Waals surface area contributed by atoms with Gasteiger partial charge in [0.05, 0.1) is 0 Å². The van der Waals surface area contributed by atoms with Gasteiger partial charge in [0, 0.05) is 17.2 Å². The van der Waals surface area contributed by atoms with E-state index >= 15 is 0 Å². The molecule has 21 heavy (non-hydrogen) atoms. The van der Waals surface area contributed by atoms with Gasteiger partial charge in [0.1, 0.15) is 11.5 Å². The molecule has 4 nitrogen and oxygen atoms in total. The van der Waals surface area contributed by atoms with Gasteiger partial charge in [0.25, 0.3) is 0 Å². The van der Waals surface area contributed by atoms with Crippen molar-refractivity contribution < 1.29 is 20.1 Å². The van der Waals surface area contributed by atoms with Crippen molar-refractivity contribution in [3.8, 4) is 11.5 Å². The Kier molecular flexibility index (Phi) is 6.03. The van der Waals surface area contributed by atoms with Crippen LogP contribution in [-0.2, 0) is 15.6 Å². The monoisotopic (exact) mass is 294 g/mol. The van der Waals surface area contributed by atoms with Crippen molar-refractivity contribution in [2.45, 2.75) is 52.4 Å². The van der Waals surface area contributed by atoms with Gasteiger partial charge in [-0.1, -0.05) is 48.1 Å². The van der Waals surface area contributed by atoms with Crippen LogP contribution in [0.4, 0.5) is 0 Å². The number of aliphatic carboxylic acids is 1. The highest BCUT2D eigenvalue weighted by molar-refractivity contribution is 5.78. The molecule has 0 aliphatic heterocycles. The summed E-state index contributed by atoms with van der Waals surface area (Å²) in [7, 11) is 0. The molecule has 1 rings (SSSR count). The van der Waals surface area contributed by atoms with E-state index in [9.17, 15) is 15.0 Å². The largest absolute Gasteiger partial charge is 0.508 e. The molecule has 1 aromatic rings. The SMILES string of the molecule is C=CC(=O)O.CC(C)(C)c1cc(O)cc(C(C)(C)C)c1O. The van der Waals surface area contributed by atoms with E-state index in [-0.39, 0.29) is 16.6 Å². The maximum absolute atomic E-state index is 10.3. The number of carbonyl (C=O) groups is 1. The molecule has 3 N–H and O–H groups in total. The maximum atomic E-state index is 10.3. The van der Waals surface area contributed by atoms with Crippen molar-refractivity contribution in [1.29, 1.82) is 0 Å². The molecule has 0 fully saturated rings. The lowest BCUT2D eigenvalue weighted by molar-refractivity contribution is -0.131. The number of rotatable bonds is 1. The molecule has 0 aliphatic carbocycles. The van der Waals surface area contributed by atoms with E-state index in [1.54, 1.807) is 12.1 Å². The quantitative estimate of drug-likeness (QED) is 0.541. The lowest BCUT2D eigenvalue weighted by Crippen LogP contribution is -2.16. The Morgan fingerprint density at radius 2 is 1.29 bits per heavy atom. The zero-order valence-corrected chi connectivity index (χ0v) is 13.7. The Morgan fingerprint density at radius 1 is 1.00 bits per heavy atom. The van der Waals surface area contributed by atoms with Gasteiger partial charge in [-0.05, 0) is 23.0 Å². The summed E-state index contributed by atoms with van der Waals surface area (Å²) in [5.74, 6) is -0.463. The second kappa shape index (κ2) is 6.66. The predicted molar refractivity (Wildman–Crippen MR) is 85.0 cm³/mol. The summed E-state index contributed by atoms with van der Waals surface area (Å²) >= 11 is 0. The predicted octanol–water partition coefficient (Wildman–Crippen LogP) is 3.95. The Morgan fingerprint density at radius 3 is 1.48 bits per heavy atom. The molecule has 0 spiro atoms. The van der Waals surface area contributed by atoms with Crippen LogP contribution in [0.15, 0.2) is 24.8 Å². The molecular weight excluding hydrogens is 268 g/mol. The summed E-state index contributed by atoms with van der Waals surface area (Å²) in [6.07, 6.45) is 0.833. The van der Waals surface area contributed by atoms with Crippen LogP contribution in [0.2, 0.25) is 0 Å². The molecule has 0 saturated heterocycles. The number of phenolic OH excluding ortho intramolecular Hbond substituents is 2. The smallest absolute Gasteiger partial charge is 0.327 e. The normalized spacial score (nSPS) is 11.3. The van der Waals surface area contributed by atoms with Gasteiger partial charge in [0.2, 0.25) is 0 Å². The summed E-state index contributed by atoms with van der Waals surface area (Å²) in [6, 6.07) is 3.29. The third-order valence-electron chi connectivity index (χ3n) is 2.89. The van der Waals surface area contributed by atoms with Crippen molar-refractivity contribution in [1.82, 2.24) is 0 Å². The first-order valence-electron chi connectivity index (χ1n) is 6.73. The van der Waals surface area contributed by atoms with Gasteiger partial charge in [-0.3, -0.25) is 0 Å². The van der Waals surface area contributed by atoms with Crippen LogP contribution in [0.1, 0.15) is 52.7 Å². The van der Waals surface area contributed by atoms with E-state index in [0.29, 0.717) is 5.75 Å². The molecule has 0 radical (unpaired) electrons. The lowest BCUT2D eigenvalue weighted by Gasteiger charge is -2.27. The number of phenols is 2. The fourth-order valence-electron chi connectivity index (χ4n) is 1.76. The van der Waals surface area contributed by atoms with Crippen molar-refractivity contribution >= 4 is 5.97 Å². The number of aromatic hydroxyl groups is 2. The van der Waals surface area contributed by atoms with E-state index in [2.05, 4.69) is 6.58 Å². The minimum atomic E-state index is -0.981. The van der Waals surface area contributed by atoms with Crippen LogP contribution in [-0.4, -0.2) is 21.3 Å². The van der Waals surface area contributed by atoms with Crippen LogP contribution in [0.5, 0.6) is 11.5 Å². The van der Waals surface area contributed by atoms with Gasteiger partial charge in [-0.15, -0.1) is 0 Å². The van der Waals surface area contributed by atoms with E-state index in [1.165, 1.54) is 0 Å². The standard InChI is InChI=1S/C14H22O2.C3H4O2/c1-13(2,3)10-7-9(15)8-11(12(10)16)14(4,5)6;1-2-3(4)5/h7-8,15-16H,1-6H3;2H,1H2,(H,4,5). The highest BCUT2D eigenvalue weighted by Gasteiger charge is 2.26. The molecule has 1 aromatic carbocycles. The van der Waals surface area contributed by atoms with Crippen LogP contribution >= 0.6 is 0 Å². The number of hydrogen-bond acceptors (Lipinski definition) is 3. The Bertz CT molecular complexity index is 482. The maximum Gasteiger partial charge on any atom is 0.327 e. The fraction of sp³-hybridized carbons (Fsp3) is 0.471. The molecule has 0 heterocycles. The molecule has 0 aromatic heterocycles. The number of benzene rings is 1. The zero-order chi connectivity index (χ0) is 17.0. The van der Waals surface area contributed by atoms with Crippen molar-refractivity contribution in [2.24, 2.45) is 0 Å². The van der Waals surface area contributed by atoms with E-state index in [1.807, 2.05) is 41.5 Å². The van der Waals surface area contributed by atoms with Crippen LogP contribution in [0.25, 0.3) is 0 Å². The van der Waals surface area contributed by atoms with Crippen molar-refractivity contribution in [2.75, 3.05) is 0 Å². The topological polar surface area (TPSA) is 77.8 Å². The van der Waals surface area contributed by atoms with Crippen molar-refractivity contribution in [3.05, 3.63) is 35.9 Å². The van der Waals surface area contributed by atoms with Gasteiger partial charge in [0.15, 0.2) is 0 Å². The number of hydrogen-bond donors (Lipinski definition) is 3. The molecular formula is C17H26O4. The zero-order valence-electron chi connectivity index (χ0n) is 13.7. The number of carboxylic acid groups (broad SMARTS) is 1. The molecule has 0 saturated carbocycles. The van der Waals surface area contributed by atoms with Gasteiger partial charge in [-0.25, -0.2) is 4.79 Å². The summed E-state index contributed by atoms with van der Waals surface area (Å²) in [6.45, 7) is 15.1. The summed E-state index contributed by atoms with van der Waals surface area (Å²) in [5, 5.41) is 27.6. The average Bonchev–Trinajstić information content (AvgIpc) is 2.29. The van der Waals surface area contributed by atoms with E-state index < -0.39 is 5.97 Å². The van der Waals surface area contributed by atoms with E-state index in [4.69, 9.17) is 5.11 Å². The average molecular weight is 294 g/mol. The third kappa shape index (κ3) is 5.90. The summed E-state index contributed by atoms with van der Waals surface area (Å²) in [5.41, 5.74) is 1.22. The highest BCUT2D eigenvalue weighted by atomic mass is 16.4. The Labute approximate surface area is 126 Å². The first-order chi connectivity index (χ1) is 9.30. The van der Waals surface area contributed by atoms with Gasteiger partial charge >= 0.3 is 5.97 Å². The molecule has 0 aliphatic rings. The Hall–Kier alpha value is -1.97. The van der Waals surface area contributed by atoms with Gasteiger partial charge in [-0.2, -0.15) is 0 Å². The first-order valence-corrected chi connectivity index (χ1v) is 6.73. The van der Waals surface area contributed by atoms with Gasteiger partial charge < -0.3 is 15.3 Å². The van der Waals surface area contributed by atoms with E-state index in [0.717, 1.165) is 17.2 Å².